The van der Waals surface area contributed by atoms with Crippen LogP contribution >= 0.6 is 22.9 Å². The van der Waals surface area contributed by atoms with Crippen molar-refractivity contribution in [1.82, 2.24) is 14.5 Å². The molecule has 1 saturated heterocycles. The summed E-state index contributed by atoms with van der Waals surface area (Å²) in [6.45, 7) is 1.42. The molecule has 0 aliphatic carbocycles. The third-order valence-electron chi connectivity index (χ3n) is 3.94. The summed E-state index contributed by atoms with van der Waals surface area (Å²) in [6.07, 6.45) is 1.51. The number of ether oxygens (including phenoxy) is 1. The Bertz CT molecular complexity index is 880. The van der Waals surface area contributed by atoms with Crippen LogP contribution in [0.1, 0.15) is 21.8 Å². The number of morpholine rings is 1. The highest BCUT2D eigenvalue weighted by molar-refractivity contribution is 7.89. The Labute approximate surface area is 166 Å². The number of aryl methyl sites for hydroxylation is 1. The molecule has 1 amide bonds. The molecule has 0 bridgehead atoms. The number of hydrogen-bond donors (Lipinski definition) is 1. The summed E-state index contributed by atoms with van der Waals surface area (Å²) in [6, 6.07) is 5.84. The Hall–Kier alpha value is -1.59. The van der Waals surface area contributed by atoms with Gasteiger partial charge in [0.1, 0.15) is 5.01 Å². The van der Waals surface area contributed by atoms with Gasteiger partial charge in [-0.2, -0.15) is 4.31 Å². The maximum Gasteiger partial charge on any atom is 0.257 e. The number of anilines is 1. The Morgan fingerprint density at radius 1 is 1.22 bits per heavy atom. The molecule has 0 spiro atoms. The second kappa shape index (κ2) is 9.07. The lowest BCUT2D eigenvalue weighted by Gasteiger charge is -2.26. The molecule has 2 aromatic rings. The Morgan fingerprint density at radius 3 is 2.59 bits per heavy atom. The van der Waals surface area contributed by atoms with Crippen LogP contribution in [0.5, 0.6) is 0 Å². The Kier molecular flexibility index (Phi) is 6.77. The third kappa shape index (κ3) is 5.02. The third-order valence-corrected chi connectivity index (χ3v) is 7.01. The van der Waals surface area contributed by atoms with Gasteiger partial charge in [0.05, 0.1) is 18.1 Å². The number of amides is 1. The van der Waals surface area contributed by atoms with Crippen molar-refractivity contribution in [3.63, 3.8) is 0 Å². The fourth-order valence-electron chi connectivity index (χ4n) is 2.51. The molecule has 3 rings (SSSR count). The molecule has 0 saturated carbocycles. The number of halogens is 1. The predicted octanol–water partition coefficient (Wildman–Crippen LogP) is 1.98. The highest BCUT2D eigenvalue weighted by Gasteiger charge is 2.26. The zero-order chi connectivity index (χ0) is 19.3. The van der Waals surface area contributed by atoms with Gasteiger partial charge in [-0.1, -0.05) is 11.3 Å². The van der Waals surface area contributed by atoms with Crippen LogP contribution in [0.4, 0.5) is 5.13 Å². The van der Waals surface area contributed by atoms with Gasteiger partial charge in [-0.05, 0) is 30.7 Å². The fourth-order valence-corrected chi connectivity index (χ4v) is 4.82. The Morgan fingerprint density at radius 2 is 1.93 bits per heavy atom. The van der Waals surface area contributed by atoms with Gasteiger partial charge >= 0.3 is 0 Å². The van der Waals surface area contributed by atoms with E-state index in [9.17, 15) is 13.2 Å². The van der Waals surface area contributed by atoms with E-state index < -0.39 is 10.0 Å². The lowest BCUT2D eigenvalue weighted by Crippen LogP contribution is -2.40. The number of carbonyl (C=O) groups excluding carboxylic acids is 1. The van der Waals surface area contributed by atoms with E-state index in [1.54, 1.807) is 0 Å². The van der Waals surface area contributed by atoms with Crippen LogP contribution in [0.25, 0.3) is 0 Å². The molecule has 1 fully saturated rings. The molecule has 1 N–H and O–H groups in total. The number of carbonyl (C=O) groups is 1. The fraction of sp³-hybridized carbons (Fsp3) is 0.438. The number of sulfonamides is 1. The van der Waals surface area contributed by atoms with E-state index in [0.717, 1.165) is 11.4 Å². The van der Waals surface area contributed by atoms with Crippen molar-refractivity contribution in [2.75, 3.05) is 37.5 Å². The number of rotatable bonds is 7. The van der Waals surface area contributed by atoms with Crippen molar-refractivity contribution in [2.45, 2.75) is 17.7 Å². The number of aromatic nitrogens is 2. The normalized spacial score (nSPS) is 15.6. The summed E-state index contributed by atoms with van der Waals surface area (Å²) in [5.74, 6) is 0.173. The summed E-state index contributed by atoms with van der Waals surface area (Å²) in [7, 11) is -3.58. The van der Waals surface area contributed by atoms with Crippen LogP contribution in [0.2, 0.25) is 0 Å². The highest BCUT2D eigenvalue weighted by Crippen LogP contribution is 2.20. The average molecular weight is 431 g/mol. The molecule has 0 radical (unpaired) electrons. The van der Waals surface area contributed by atoms with Gasteiger partial charge in [0, 0.05) is 31.0 Å². The van der Waals surface area contributed by atoms with Crippen molar-refractivity contribution in [1.29, 1.82) is 0 Å². The quantitative estimate of drug-likeness (QED) is 0.674. The van der Waals surface area contributed by atoms with Gasteiger partial charge in [-0.3, -0.25) is 10.1 Å². The maximum absolute atomic E-state index is 12.6. The first-order valence-electron chi connectivity index (χ1n) is 8.38. The molecule has 27 heavy (non-hydrogen) atoms. The molecule has 11 heteroatoms. The van der Waals surface area contributed by atoms with E-state index >= 15 is 0 Å². The zero-order valence-electron chi connectivity index (χ0n) is 14.4. The predicted molar refractivity (Wildman–Crippen MR) is 103 cm³/mol. The standard InChI is InChI=1S/C16H19ClN4O4S2/c17-7-1-2-14-19-20-16(26-14)18-15(22)12-3-5-13(6-4-12)27(23,24)21-8-10-25-11-9-21/h3-6H,1-2,7-11H2,(H,18,20,22). The summed E-state index contributed by atoms with van der Waals surface area (Å²) in [4.78, 5) is 12.5. The monoisotopic (exact) mass is 430 g/mol. The summed E-state index contributed by atoms with van der Waals surface area (Å²) in [5, 5.41) is 11.8. The van der Waals surface area contributed by atoms with Gasteiger partial charge in [-0.25, -0.2) is 8.42 Å². The van der Waals surface area contributed by atoms with Crippen molar-refractivity contribution in [2.24, 2.45) is 0 Å². The molecule has 1 aliphatic heterocycles. The topological polar surface area (TPSA) is 101 Å². The molecule has 8 nitrogen and oxygen atoms in total. The number of hydrogen-bond acceptors (Lipinski definition) is 7. The first kappa shape index (κ1) is 20.2. The molecule has 2 heterocycles. The van der Waals surface area contributed by atoms with E-state index in [2.05, 4.69) is 15.5 Å². The second-order valence-corrected chi connectivity index (χ2v) is 9.17. The van der Waals surface area contributed by atoms with E-state index in [4.69, 9.17) is 16.3 Å². The van der Waals surface area contributed by atoms with E-state index in [1.165, 1.54) is 39.9 Å². The maximum atomic E-state index is 12.6. The van der Waals surface area contributed by atoms with Crippen molar-refractivity contribution in [3.05, 3.63) is 34.8 Å². The smallest absolute Gasteiger partial charge is 0.257 e. The number of benzene rings is 1. The van der Waals surface area contributed by atoms with Crippen LogP contribution in [0, 0.1) is 0 Å². The SMILES string of the molecule is O=C(Nc1nnc(CCCCl)s1)c1ccc(S(=O)(=O)N2CCOCC2)cc1. The minimum absolute atomic E-state index is 0.153. The van der Waals surface area contributed by atoms with Crippen LogP contribution in [0.15, 0.2) is 29.2 Å². The van der Waals surface area contributed by atoms with E-state index in [0.29, 0.717) is 49.3 Å². The van der Waals surface area contributed by atoms with Crippen LogP contribution < -0.4 is 5.32 Å². The minimum atomic E-state index is -3.58. The highest BCUT2D eigenvalue weighted by atomic mass is 35.5. The van der Waals surface area contributed by atoms with Crippen molar-refractivity contribution >= 4 is 44.0 Å². The summed E-state index contributed by atoms with van der Waals surface area (Å²) < 4.78 is 31.8. The van der Waals surface area contributed by atoms with E-state index in [-0.39, 0.29) is 10.8 Å². The summed E-state index contributed by atoms with van der Waals surface area (Å²) in [5.41, 5.74) is 0.341. The lowest BCUT2D eigenvalue weighted by molar-refractivity contribution is 0.0730. The van der Waals surface area contributed by atoms with Crippen LogP contribution in [0.3, 0.4) is 0 Å². The first-order valence-corrected chi connectivity index (χ1v) is 11.2. The molecule has 0 atom stereocenters. The molecule has 146 valence electrons. The minimum Gasteiger partial charge on any atom is -0.379 e. The zero-order valence-corrected chi connectivity index (χ0v) is 16.8. The van der Waals surface area contributed by atoms with Gasteiger partial charge in [0.2, 0.25) is 15.2 Å². The van der Waals surface area contributed by atoms with Gasteiger partial charge in [-0.15, -0.1) is 21.8 Å². The van der Waals surface area contributed by atoms with Crippen molar-refractivity contribution in [3.8, 4) is 0 Å². The van der Waals surface area contributed by atoms with Gasteiger partial charge in [0.25, 0.3) is 5.91 Å². The molecule has 1 aliphatic rings. The number of nitrogens with zero attached hydrogens (tertiary/aromatic N) is 3. The van der Waals surface area contributed by atoms with Crippen LogP contribution in [-0.4, -0.2) is 61.0 Å². The molecule has 1 aromatic carbocycles. The summed E-state index contributed by atoms with van der Waals surface area (Å²) >= 11 is 6.95. The molecule has 0 unspecified atom stereocenters. The average Bonchev–Trinajstić information content (AvgIpc) is 3.14. The number of nitrogens with one attached hydrogen (secondary N) is 1. The molecular formula is C16H19ClN4O4S2. The van der Waals surface area contributed by atoms with E-state index in [1.807, 2.05) is 0 Å². The number of alkyl halides is 1. The van der Waals surface area contributed by atoms with Crippen LogP contribution in [-0.2, 0) is 21.2 Å². The molecular weight excluding hydrogens is 412 g/mol. The second-order valence-electron chi connectivity index (χ2n) is 5.79. The lowest BCUT2D eigenvalue weighted by atomic mass is 10.2. The Balaban J connectivity index is 1.65. The largest absolute Gasteiger partial charge is 0.379 e. The molecule has 1 aromatic heterocycles. The van der Waals surface area contributed by atoms with Crippen molar-refractivity contribution < 1.29 is 17.9 Å². The van der Waals surface area contributed by atoms with Gasteiger partial charge < -0.3 is 4.74 Å². The first-order chi connectivity index (χ1) is 13.0. The van der Waals surface area contributed by atoms with Gasteiger partial charge in [0.15, 0.2) is 0 Å².